The summed E-state index contributed by atoms with van der Waals surface area (Å²) in [7, 11) is 0. The van der Waals surface area contributed by atoms with Gasteiger partial charge in [0.25, 0.3) is 0 Å². The first-order valence-electron chi connectivity index (χ1n) is 21.7. The van der Waals surface area contributed by atoms with Crippen LogP contribution < -0.4 is 5.32 Å². The van der Waals surface area contributed by atoms with E-state index >= 15 is 0 Å². The van der Waals surface area contributed by atoms with Crippen LogP contribution in [-0.2, 0) is 14.3 Å². The van der Waals surface area contributed by atoms with Gasteiger partial charge in [-0.15, -0.1) is 0 Å². The molecule has 1 saturated heterocycles. The molecule has 6 N–H and O–H groups in total. The molecule has 1 amide bonds. The lowest BCUT2D eigenvalue weighted by Gasteiger charge is -2.40. The van der Waals surface area contributed by atoms with Crippen LogP contribution in [0.2, 0.25) is 0 Å². The minimum absolute atomic E-state index is 0.132. The van der Waals surface area contributed by atoms with E-state index in [0.29, 0.717) is 12.8 Å². The van der Waals surface area contributed by atoms with Gasteiger partial charge in [0, 0.05) is 6.42 Å². The molecule has 1 aliphatic rings. The summed E-state index contributed by atoms with van der Waals surface area (Å²) in [5.41, 5.74) is 0. The van der Waals surface area contributed by atoms with Crippen molar-refractivity contribution in [2.75, 3.05) is 13.2 Å². The molecule has 0 bridgehead atoms. The molecule has 0 aromatic rings. The minimum atomic E-state index is -1.55. The molecule has 9 heteroatoms. The predicted molar refractivity (Wildman–Crippen MR) is 208 cm³/mol. The van der Waals surface area contributed by atoms with Gasteiger partial charge < -0.3 is 40.3 Å². The second-order valence-corrected chi connectivity index (χ2v) is 15.5. The molecule has 0 saturated carbocycles. The van der Waals surface area contributed by atoms with Gasteiger partial charge in [-0.05, 0) is 12.8 Å². The van der Waals surface area contributed by atoms with E-state index in [1.807, 2.05) is 0 Å². The Morgan fingerprint density at radius 1 is 0.588 bits per heavy atom. The van der Waals surface area contributed by atoms with E-state index in [2.05, 4.69) is 19.2 Å². The van der Waals surface area contributed by atoms with Crippen LogP contribution in [0.5, 0.6) is 0 Å². The maximum atomic E-state index is 12.9. The fourth-order valence-electron chi connectivity index (χ4n) is 7.16. The topological polar surface area (TPSA) is 149 Å². The predicted octanol–water partition coefficient (Wildman–Crippen LogP) is 8.39. The third-order valence-corrected chi connectivity index (χ3v) is 10.7. The van der Waals surface area contributed by atoms with Crippen molar-refractivity contribution >= 4 is 5.91 Å². The maximum absolute atomic E-state index is 12.9. The van der Waals surface area contributed by atoms with Gasteiger partial charge in [0.2, 0.25) is 5.91 Å². The van der Waals surface area contributed by atoms with Gasteiger partial charge in [-0.25, -0.2) is 0 Å². The number of ether oxygens (including phenoxy) is 2. The molecular formula is C42H83NO8. The molecule has 1 aliphatic heterocycles. The minimum Gasteiger partial charge on any atom is -0.394 e. The number of hydrogen-bond acceptors (Lipinski definition) is 8. The summed E-state index contributed by atoms with van der Waals surface area (Å²) in [5.74, 6) is -0.142. The van der Waals surface area contributed by atoms with Gasteiger partial charge in [0.1, 0.15) is 24.4 Å². The van der Waals surface area contributed by atoms with Crippen LogP contribution in [0.25, 0.3) is 0 Å². The monoisotopic (exact) mass is 730 g/mol. The van der Waals surface area contributed by atoms with E-state index in [-0.39, 0.29) is 12.5 Å². The van der Waals surface area contributed by atoms with Crippen molar-refractivity contribution in [3.63, 3.8) is 0 Å². The third kappa shape index (κ3) is 25.0. The van der Waals surface area contributed by atoms with Crippen molar-refractivity contribution in [1.82, 2.24) is 5.32 Å². The van der Waals surface area contributed by atoms with E-state index in [4.69, 9.17) is 9.47 Å². The first kappa shape index (κ1) is 48.2. The lowest BCUT2D eigenvalue weighted by atomic mass is 9.99. The number of aliphatic hydroxyl groups excluding tert-OH is 5. The molecule has 1 heterocycles. The molecule has 7 atom stereocenters. The molecule has 0 aromatic heterocycles. The summed E-state index contributed by atoms with van der Waals surface area (Å²) in [5, 5.41) is 54.2. The summed E-state index contributed by atoms with van der Waals surface area (Å²) >= 11 is 0. The second-order valence-electron chi connectivity index (χ2n) is 15.5. The third-order valence-electron chi connectivity index (χ3n) is 10.7. The van der Waals surface area contributed by atoms with Crippen LogP contribution in [0.3, 0.4) is 0 Å². The van der Waals surface area contributed by atoms with Crippen molar-refractivity contribution < 1.29 is 39.8 Å². The Hall–Kier alpha value is -0.810. The number of amides is 1. The zero-order valence-electron chi connectivity index (χ0n) is 33.1. The average Bonchev–Trinajstić information content (AvgIpc) is 3.13. The molecule has 0 spiro atoms. The van der Waals surface area contributed by atoms with Crippen LogP contribution in [0.15, 0.2) is 0 Å². The largest absolute Gasteiger partial charge is 0.394 e. The van der Waals surface area contributed by atoms with E-state index < -0.39 is 49.5 Å². The first-order chi connectivity index (χ1) is 24.8. The highest BCUT2D eigenvalue weighted by Gasteiger charge is 2.44. The number of carbonyl (C=O) groups is 1. The number of unbranched alkanes of at least 4 members (excludes halogenated alkanes) is 26. The number of nitrogens with one attached hydrogen (secondary N) is 1. The van der Waals surface area contributed by atoms with Crippen LogP contribution >= 0.6 is 0 Å². The summed E-state index contributed by atoms with van der Waals surface area (Å²) in [6.45, 7) is 3.83. The summed E-state index contributed by atoms with van der Waals surface area (Å²) in [6, 6.07) is -0.710. The highest BCUT2D eigenvalue weighted by Crippen LogP contribution is 2.23. The van der Waals surface area contributed by atoms with E-state index in [9.17, 15) is 30.3 Å². The quantitative estimate of drug-likeness (QED) is 0.0353. The van der Waals surface area contributed by atoms with Crippen molar-refractivity contribution in [2.24, 2.45) is 0 Å². The van der Waals surface area contributed by atoms with Crippen LogP contribution in [0, 0.1) is 0 Å². The molecule has 0 aromatic carbocycles. The Morgan fingerprint density at radius 3 is 1.39 bits per heavy atom. The molecule has 0 aliphatic carbocycles. The number of rotatable bonds is 36. The molecule has 1 fully saturated rings. The number of aliphatic hydroxyl groups is 5. The van der Waals surface area contributed by atoms with Crippen LogP contribution in [-0.4, -0.2) is 87.5 Å². The Kier molecular flexibility index (Phi) is 31.9. The smallest absolute Gasteiger partial charge is 0.220 e. The summed E-state index contributed by atoms with van der Waals surface area (Å²) < 4.78 is 11.2. The van der Waals surface area contributed by atoms with E-state index in [1.165, 1.54) is 141 Å². The highest BCUT2D eigenvalue weighted by atomic mass is 16.7. The number of carbonyl (C=O) groups excluding carboxylic acids is 1. The molecule has 0 radical (unpaired) electrons. The Balaban J connectivity index is 2.34. The molecule has 9 nitrogen and oxygen atoms in total. The SMILES string of the molecule is CCCCCCCCCCCCCCCCCCC(=O)NC(COC1OC(CO)C(O)C(O)C1O)C(O)CCCCCCCCCCCCCC. The van der Waals surface area contributed by atoms with Gasteiger partial charge in [-0.1, -0.05) is 187 Å². The molecule has 51 heavy (non-hydrogen) atoms. The summed E-state index contributed by atoms with van der Waals surface area (Å²) in [6.07, 6.45) is 28.2. The highest BCUT2D eigenvalue weighted by molar-refractivity contribution is 5.76. The molecule has 7 unspecified atom stereocenters. The van der Waals surface area contributed by atoms with Gasteiger partial charge >= 0.3 is 0 Å². The fourth-order valence-corrected chi connectivity index (χ4v) is 7.16. The van der Waals surface area contributed by atoms with Crippen molar-refractivity contribution in [1.29, 1.82) is 0 Å². The Labute approximate surface area is 313 Å². The molecule has 304 valence electrons. The van der Waals surface area contributed by atoms with Crippen molar-refractivity contribution in [3.05, 3.63) is 0 Å². The van der Waals surface area contributed by atoms with Crippen LogP contribution in [0.4, 0.5) is 0 Å². The van der Waals surface area contributed by atoms with Crippen molar-refractivity contribution in [3.8, 4) is 0 Å². The fraction of sp³-hybridized carbons (Fsp3) is 0.976. The maximum Gasteiger partial charge on any atom is 0.220 e. The molecular weight excluding hydrogens is 646 g/mol. The first-order valence-corrected chi connectivity index (χ1v) is 21.7. The lowest BCUT2D eigenvalue weighted by molar-refractivity contribution is -0.302. The van der Waals surface area contributed by atoms with Crippen molar-refractivity contribution in [2.45, 2.75) is 249 Å². The van der Waals surface area contributed by atoms with Gasteiger partial charge in [-0.3, -0.25) is 4.79 Å². The second kappa shape index (κ2) is 33.7. The normalized spacial score (nSPS) is 21.9. The van der Waals surface area contributed by atoms with Gasteiger partial charge in [-0.2, -0.15) is 0 Å². The van der Waals surface area contributed by atoms with Gasteiger partial charge in [0.15, 0.2) is 6.29 Å². The van der Waals surface area contributed by atoms with E-state index in [1.54, 1.807) is 0 Å². The Morgan fingerprint density at radius 2 is 0.980 bits per heavy atom. The molecule has 1 rings (SSSR count). The average molecular weight is 730 g/mol. The zero-order chi connectivity index (χ0) is 37.4. The standard InChI is InChI=1S/C42H83NO8/c1-3-5-7-9-11-13-15-17-18-19-20-22-24-26-28-30-32-38(46)43-35(34-50-42-41(49)40(48)39(47)37(33-44)51-42)36(45)31-29-27-25-23-21-16-14-12-10-8-6-4-2/h35-37,39-42,44-45,47-49H,3-34H2,1-2H3,(H,43,46). The van der Waals surface area contributed by atoms with Crippen LogP contribution in [0.1, 0.15) is 206 Å². The van der Waals surface area contributed by atoms with Gasteiger partial charge in [0.05, 0.1) is 25.4 Å². The zero-order valence-corrected chi connectivity index (χ0v) is 33.1. The number of hydrogen-bond donors (Lipinski definition) is 6. The summed E-state index contributed by atoms with van der Waals surface area (Å²) in [4.78, 5) is 12.9. The lowest BCUT2D eigenvalue weighted by Crippen LogP contribution is -2.60. The van der Waals surface area contributed by atoms with E-state index in [0.717, 1.165) is 38.5 Å². The Bertz CT molecular complexity index is 771.